The van der Waals surface area contributed by atoms with E-state index in [-0.39, 0.29) is 12.2 Å². The first-order chi connectivity index (χ1) is 9.65. The Morgan fingerprint density at radius 1 is 1.50 bits per heavy atom. The summed E-state index contributed by atoms with van der Waals surface area (Å²) in [5.74, 6) is 0.121. The van der Waals surface area contributed by atoms with Gasteiger partial charge in [0, 0.05) is 41.4 Å². The predicted octanol–water partition coefficient (Wildman–Crippen LogP) is 1.75. The van der Waals surface area contributed by atoms with Crippen LogP contribution in [0.15, 0.2) is 24.3 Å². The van der Waals surface area contributed by atoms with Gasteiger partial charge in [0.15, 0.2) is 6.29 Å². The number of carbonyl (C=O) groups excluding carboxylic acids is 1. The first kappa shape index (κ1) is 15.2. The largest absolute Gasteiger partial charge is 0.350 e. The van der Waals surface area contributed by atoms with Crippen LogP contribution in [0, 0.1) is 0 Å². The lowest BCUT2D eigenvalue weighted by Gasteiger charge is -2.22. The number of ether oxygens (including phenoxy) is 1. The Hall–Kier alpha value is -1.24. The quantitative estimate of drug-likeness (QED) is 0.841. The summed E-state index contributed by atoms with van der Waals surface area (Å²) < 4.78 is 16.6. The molecule has 0 bridgehead atoms. The SMILES string of the molecule is C[S@](=O)Cc1cccc(C(=O)NO[C@H]2CCCCO2)c1. The second-order valence-corrected chi connectivity index (χ2v) is 6.20. The minimum absolute atomic E-state index is 0.317. The van der Waals surface area contributed by atoms with Crippen molar-refractivity contribution in [2.24, 2.45) is 0 Å². The van der Waals surface area contributed by atoms with E-state index in [2.05, 4.69) is 5.48 Å². The maximum absolute atomic E-state index is 12.0. The molecule has 1 N–H and O–H groups in total. The number of hydrogen-bond acceptors (Lipinski definition) is 4. The van der Waals surface area contributed by atoms with Crippen molar-refractivity contribution in [3.8, 4) is 0 Å². The average Bonchev–Trinajstić information content (AvgIpc) is 2.45. The highest BCUT2D eigenvalue weighted by Crippen LogP contribution is 2.13. The van der Waals surface area contributed by atoms with Crippen LogP contribution in [0.2, 0.25) is 0 Å². The zero-order chi connectivity index (χ0) is 14.4. The third kappa shape index (κ3) is 4.70. The molecule has 0 aliphatic carbocycles. The number of hydroxylamine groups is 1. The Morgan fingerprint density at radius 3 is 3.05 bits per heavy atom. The fourth-order valence-electron chi connectivity index (χ4n) is 2.02. The van der Waals surface area contributed by atoms with Gasteiger partial charge in [0.05, 0.1) is 0 Å². The molecule has 0 aromatic heterocycles. The molecule has 2 rings (SSSR count). The summed E-state index contributed by atoms with van der Waals surface area (Å²) in [5, 5.41) is 0. The van der Waals surface area contributed by atoms with Gasteiger partial charge < -0.3 is 4.74 Å². The summed E-state index contributed by atoms with van der Waals surface area (Å²) in [5.41, 5.74) is 3.77. The smallest absolute Gasteiger partial charge is 0.274 e. The van der Waals surface area contributed by atoms with Gasteiger partial charge in [-0.25, -0.2) is 10.3 Å². The molecule has 1 aliphatic heterocycles. The molecule has 20 heavy (non-hydrogen) atoms. The lowest BCUT2D eigenvalue weighted by atomic mass is 10.1. The van der Waals surface area contributed by atoms with Crippen LogP contribution in [0.5, 0.6) is 0 Å². The van der Waals surface area contributed by atoms with Crippen molar-refractivity contribution in [2.45, 2.75) is 31.3 Å². The second-order valence-electron chi connectivity index (χ2n) is 4.76. The van der Waals surface area contributed by atoms with Gasteiger partial charge in [-0.15, -0.1) is 0 Å². The first-order valence-corrected chi connectivity index (χ1v) is 8.34. The maximum Gasteiger partial charge on any atom is 0.274 e. The zero-order valence-electron chi connectivity index (χ0n) is 11.5. The van der Waals surface area contributed by atoms with Gasteiger partial charge >= 0.3 is 0 Å². The number of nitrogens with one attached hydrogen (secondary N) is 1. The van der Waals surface area contributed by atoms with Crippen LogP contribution < -0.4 is 5.48 Å². The van der Waals surface area contributed by atoms with E-state index in [0.29, 0.717) is 17.9 Å². The third-order valence-corrected chi connectivity index (χ3v) is 3.72. The lowest BCUT2D eigenvalue weighted by Crippen LogP contribution is -2.33. The van der Waals surface area contributed by atoms with Gasteiger partial charge in [-0.1, -0.05) is 12.1 Å². The van der Waals surface area contributed by atoms with Gasteiger partial charge in [0.2, 0.25) is 0 Å². The molecule has 1 aromatic rings. The highest BCUT2D eigenvalue weighted by atomic mass is 32.2. The fraction of sp³-hybridized carbons (Fsp3) is 0.500. The molecular weight excluding hydrogens is 278 g/mol. The molecule has 1 amide bonds. The van der Waals surface area contributed by atoms with E-state index >= 15 is 0 Å². The first-order valence-electron chi connectivity index (χ1n) is 6.62. The van der Waals surface area contributed by atoms with Crippen molar-refractivity contribution in [2.75, 3.05) is 12.9 Å². The van der Waals surface area contributed by atoms with Gasteiger partial charge in [-0.05, 0) is 30.5 Å². The van der Waals surface area contributed by atoms with Gasteiger partial charge in [-0.2, -0.15) is 0 Å². The second kappa shape index (κ2) is 7.52. The Morgan fingerprint density at radius 2 is 2.35 bits per heavy atom. The number of rotatable bonds is 5. The van der Waals surface area contributed by atoms with Crippen molar-refractivity contribution in [3.05, 3.63) is 35.4 Å². The summed E-state index contributed by atoms with van der Waals surface area (Å²) in [6.45, 7) is 0.665. The third-order valence-electron chi connectivity index (χ3n) is 2.98. The average molecular weight is 297 g/mol. The van der Waals surface area contributed by atoms with Crippen molar-refractivity contribution < 1.29 is 18.6 Å². The molecule has 2 atom stereocenters. The molecule has 1 saturated heterocycles. The Labute approximate surface area is 121 Å². The van der Waals surface area contributed by atoms with Crippen LogP contribution in [0.3, 0.4) is 0 Å². The topological polar surface area (TPSA) is 64.6 Å². The van der Waals surface area contributed by atoms with Crippen LogP contribution in [-0.2, 0) is 26.1 Å². The maximum atomic E-state index is 12.0. The van der Waals surface area contributed by atoms with Crippen LogP contribution in [0.4, 0.5) is 0 Å². The summed E-state index contributed by atoms with van der Waals surface area (Å²) >= 11 is 0. The molecule has 0 radical (unpaired) electrons. The Balaban J connectivity index is 1.89. The van der Waals surface area contributed by atoms with E-state index in [9.17, 15) is 9.00 Å². The molecule has 1 aromatic carbocycles. The van der Waals surface area contributed by atoms with Crippen molar-refractivity contribution in [1.82, 2.24) is 5.48 Å². The van der Waals surface area contributed by atoms with E-state index in [1.54, 1.807) is 24.5 Å². The van der Waals surface area contributed by atoms with E-state index in [0.717, 1.165) is 24.8 Å². The molecule has 5 nitrogen and oxygen atoms in total. The molecule has 0 spiro atoms. The number of carbonyl (C=O) groups is 1. The number of benzene rings is 1. The molecule has 0 saturated carbocycles. The fourth-order valence-corrected chi connectivity index (χ4v) is 2.67. The summed E-state index contributed by atoms with van der Waals surface area (Å²) in [4.78, 5) is 17.2. The summed E-state index contributed by atoms with van der Waals surface area (Å²) in [7, 11) is -0.929. The summed E-state index contributed by atoms with van der Waals surface area (Å²) in [6.07, 6.45) is 4.13. The standard InChI is InChI=1S/C14H19NO4S/c1-20(17)10-11-5-4-6-12(9-11)14(16)15-19-13-7-2-3-8-18-13/h4-6,9,13H,2-3,7-8,10H2,1H3,(H,15,16)/t13-,20-/m0/s1. The Kier molecular flexibility index (Phi) is 5.70. The highest BCUT2D eigenvalue weighted by molar-refractivity contribution is 7.83. The van der Waals surface area contributed by atoms with Crippen molar-refractivity contribution >= 4 is 16.7 Å². The normalized spacial score (nSPS) is 20.4. The molecule has 1 fully saturated rings. The van der Waals surface area contributed by atoms with E-state index in [4.69, 9.17) is 9.57 Å². The molecule has 1 heterocycles. The van der Waals surface area contributed by atoms with Crippen LogP contribution in [0.25, 0.3) is 0 Å². The lowest BCUT2D eigenvalue weighted by molar-refractivity contribution is -0.186. The predicted molar refractivity (Wildman–Crippen MR) is 76.4 cm³/mol. The van der Waals surface area contributed by atoms with Crippen LogP contribution >= 0.6 is 0 Å². The number of hydrogen-bond donors (Lipinski definition) is 1. The molecule has 0 unspecified atom stereocenters. The number of amides is 1. The van der Waals surface area contributed by atoms with E-state index < -0.39 is 10.8 Å². The van der Waals surface area contributed by atoms with Crippen LogP contribution in [-0.4, -0.2) is 29.3 Å². The molecule has 1 aliphatic rings. The van der Waals surface area contributed by atoms with Gasteiger partial charge in [0.25, 0.3) is 5.91 Å². The highest BCUT2D eigenvalue weighted by Gasteiger charge is 2.16. The monoisotopic (exact) mass is 297 g/mol. The van der Waals surface area contributed by atoms with E-state index in [1.165, 1.54) is 0 Å². The van der Waals surface area contributed by atoms with Crippen molar-refractivity contribution in [1.29, 1.82) is 0 Å². The van der Waals surface area contributed by atoms with Crippen LogP contribution in [0.1, 0.15) is 35.2 Å². The minimum atomic E-state index is -0.929. The van der Waals surface area contributed by atoms with Crippen molar-refractivity contribution in [3.63, 3.8) is 0 Å². The molecule has 6 heteroatoms. The zero-order valence-corrected chi connectivity index (χ0v) is 12.3. The Bertz CT molecular complexity index is 486. The summed E-state index contributed by atoms with van der Waals surface area (Å²) in [6, 6.07) is 7.04. The van der Waals surface area contributed by atoms with Gasteiger partial charge in [-0.3, -0.25) is 9.00 Å². The minimum Gasteiger partial charge on any atom is -0.350 e. The molecule has 110 valence electrons. The van der Waals surface area contributed by atoms with Gasteiger partial charge in [0.1, 0.15) is 0 Å². The van der Waals surface area contributed by atoms with E-state index in [1.807, 2.05) is 6.07 Å². The molecular formula is C14H19NO4S.